The third-order valence-corrected chi connectivity index (χ3v) is 7.95. The van der Waals surface area contributed by atoms with E-state index in [1.807, 2.05) is 36.7 Å². The summed E-state index contributed by atoms with van der Waals surface area (Å²) >= 11 is 0. The smallest absolute Gasteiger partial charge is 0.223 e. The van der Waals surface area contributed by atoms with Crippen molar-refractivity contribution in [3.05, 3.63) is 71.2 Å². The lowest BCUT2D eigenvalue weighted by molar-refractivity contribution is 0.172. The van der Waals surface area contributed by atoms with Crippen LogP contribution in [-0.2, 0) is 18.3 Å². The molecule has 0 saturated heterocycles. The van der Waals surface area contributed by atoms with E-state index in [0.29, 0.717) is 23.5 Å². The Labute approximate surface area is 201 Å². The fraction of sp³-hybridized carbons (Fsp3) is 0.333. The van der Waals surface area contributed by atoms with E-state index in [1.165, 1.54) is 0 Å². The molecule has 0 N–H and O–H groups in total. The highest BCUT2D eigenvalue weighted by molar-refractivity contribution is 5.92. The second kappa shape index (κ2) is 7.28. The zero-order chi connectivity index (χ0) is 23.7. The minimum atomic E-state index is -0.195. The average Bonchev–Trinajstić information content (AvgIpc) is 3.52. The second-order valence-electron chi connectivity index (χ2n) is 9.98. The summed E-state index contributed by atoms with van der Waals surface area (Å²) in [5.41, 5.74) is 5.75. The van der Waals surface area contributed by atoms with Gasteiger partial charge in [0.25, 0.3) is 0 Å². The fourth-order valence-electron chi connectivity index (χ4n) is 6.35. The summed E-state index contributed by atoms with van der Waals surface area (Å²) in [6, 6.07) is 10.1. The number of nitrogens with zero attached hydrogens (tertiary/aromatic N) is 6. The van der Waals surface area contributed by atoms with Gasteiger partial charge in [0, 0.05) is 46.5 Å². The molecule has 8 nitrogen and oxygen atoms in total. The van der Waals surface area contributed by atoms with Crippen molar-refractivity contribution < 1.29 is 9.05 Å². The molecule has 0 bridgehead atoms. The molecule has 174 valence electrons. The zero-order valence-corrected chi connectivity index (χ0v) is 19.8. The molecule has 1 aromatic carbocycles. The molecule has 0 radical (unpaired) electrons. The maximum absolute atomic E-state index is 5.67. The van der Waals surface area contributed by atoms with Gasteiger partial charge in [0.15, 0.2) is 5.82 Å². The first-order valence-corrected chi connectivity index (χ1v) is 12.0. The Morgan fingerprint density at radius 1 is 1.03 bits per heavy atom. The van der Waals surface area contributed by atoms with Crippen LogP contribution in [0.2, 0.25) is 0 Å². The summed E-state index contributed by atoms with van der Waals surface area (Å²) in [4.78, 5) is 19.4. The summed E-state index contributed by atoms with van der Waals surface area (Å²) in [7, 11) is 0. The quantitative estimate of drug-likeness (QED) is 0.350. The molecule has 0 saturated carbocycles. The van der Waals surface area contributed by atoms with E-state index >= 15 is 0 Å². The van der Waals surface area contributed by atoms with Crippen molar-refractivity contribution in [2.75, 3.05) is 0 Å². The largest absolute Gasteiger partial charge is 0.361 e. The van der Waals surface area contributed by atoms with Gasteiger partial charge in [-0.25, -0.2) is 9.97 Å². The SMILES string of the molecule is Cc1nc(-c2nc(-c3ccnc4ccccc34)nc3c2CC[C@@H]2[C@@H](C)c4oncc4C[C@@]32C)no1. The van der Waals surface area contributed by atoms with Crippen LogP contribution in [0.25, 0.3) is 33.8 Å². The minimum Gasteiger partial charge on any atom is -0.361 e. The van der Waals surface area contributed by atoms with Crippen molar-refractivity contribution in [3.8, 4) is 22.9 Å². The summed E-state index contributed by atoms with van der Waals surface area (Å²) in [6.07, 6.45) is 6.37. The first-order valence-electron chi connectivity index (χ1n) is 12.0. The number of aryl methyl sites for hydroxylation is 1. The van der Waals surface area contributed by atoms with Gasteiger partial charge in [-0.15, -0.1) is 0 Å². The highest BCUT2D eigenvalue weighted by atomic mass is 16.5. The van der Waals surface area contributed by atoms with Crippen molar-refractivity contribution in [2.45, 2.75) is 51.4 Å². The number of hydrogen-bond donors (Lipinski definition) is 0. The number of para-hydroxylation sites is 1. The van der Waals surface area contributed by atoms with Gasteiger partial charge in [-0.3, -0.25) is 4.98 Å². The normalized spacial score (nSPS) is 23.1. The minimum absolute atomic E-state index is 0.195. The summed E-state index contributed by atoms with van der Waals surface area (Å²) in [5.74, 6) is 3.34. The van der Waals surface area contributed by atoms with Crippen LogP contribution in [0.4, 0.5) is 0 Å². The lowest BCUT2D eigenvalue weighted by Crippen LogP contribution is -2.45. The molecule has 7 rings (SSSR count). The highest BCUT2D eigenvalue weighted by Gasteiger charge is 2.50. The van der Waals surface area contributed by atoms with Gasteiger partial charge in [-0.05, 0) is 37.3 Å². The van der Waals surface area contributed by atoms with Crippen LogP contribution in [0.5, 0.6) is 0 Å². The van der Waals surface area contributed by atoms with Crippen LogP contribution in [0, 0.1) is 12.8 Å². The predicted octanol–water partition coefficient (Wildman–Crippen LogP) is 5.22. The fourth-order valence-corrected chi connectivity index (χ4v) is 6.35. The highest BCUT2D eigenvalue weighted by Crippen LogP contribution is 2.54. The Bertz CT molecular complexity index is 1600. The number of aromatic nitrogens is 6. The molecule has 4 heterocycles. The van der Waals surface area contributed by atoms with E-state index in [-0.39, 0.29) is 11.3 Å². The van der Waals surface area contributed by atoms with Gasteiger partial charge in [0.1, 0.15) is 11.5 Å². The van der Waals surface area contributed by atoms with E-state index in [4.69, 9.17) is 19.0 Å². The number of fused-ring (bicyclic) bond motifs is 5. The molecule has 3 atom stereocenters. The van der Waals surface area contributed by atoms with Crippen LogP contribution in [-0.4, -0.2) is 30.2 Å². The predicted molar refractivity (Wildman–Crippen MR) is 129 cm³/mol. The van der Waals surface area contributed by atoms with Crippen molar-refractivity contribution >= 4 is 10.9 Å². The molecular weight excluding hydrogens is 440 g/mol. The average molecular weight is 465 g/mol. The Kier molecular flexibility index (Phi) is 4.25. The molecule has 0 fully saturated rings. The van der Waals surface area contributed by atoms with Crippen molar-refractivity contribution in [3.63, 3.8) is 0 Å². The van der Waals surface area contributed by atoms with Gasteiger partial charge in [-0.1, -0.05) is 42.4 Å². The zero-order valence-electron chi connectivity index (χ0n) is 19.8. The first kappa shape index (κ1) is 20.4. The molecule has 0 spiro atoms. The molecule has 4 aromatic heterocycles. The van der Waals surface area contributed by atoms with E-state index in [1.54, 1.807) is 6.92 Å². The Balaban J connectivity index is 1.51. The molecule has 0 amide bonds. The van der Waals surface area contributed by atoms with Gasteiger partial charge in [0.05, 0.1) is 17.4 Å². The lowest BCUT2D eigenvalue weighted by atomic mass is 9.56. The van der Waals surface area contributed by atoms with Crippen LogP contribution >= 0.6 is 0 Å². The van der Waals surface area contributed by atoms with Gasteiger partial charge in [0.2, 0.25) is 11.7 Å². The Hall–Kier alpha value is -3.94. The molecule has 2 aliphatic rings. The number of pyridine rings is 1. The number of rotatable bonds is 2. The first-order chi connectivity index (χ1) is 17.0. The topological polar surface area (TPSA) is 104 Å². The number of benzene rings is 1. The van der Waals surface area contributed by atoms with Crippen LogP contribution < -0.4 is 0 Å². The molecular formula is C27H24N6O2. The molecule has 2 aliphatic carbocycles. The molecule has 0 unspecified atom stereocenters. The van der Waals surface area contributed by atoms with E-state index in [0.717, 1.165) is 64.0 Å². The van der Waals surface area contributed by atoms with Crippen LogP contribution in [0.1, 0.15) is 54.7 Å². The monoisotopic (exact) mass is 464 g/mol. The van der Waals surface area contributed by atoms with E-state index < -0.39 is 0 Å². The molecule has 8 heteroatoms. The second-order valence-corrected chi connectivity index (χ2v) is 9.98. The Morgan fingerprint density at radius 3 is 2.77 bits per heavy atom. The van der Waals surface area contributed by atoms with Gasteiger partial charge in [-0.2, -0.15) is 4.98 Å². The number of hydrogen-bond acceptors (Lipinski definition) is 8. The van der Waals surface area contributed by atoms with Crippen LogP contribution in [0.3, 0.4) is 0 Å². The van der Waals surface area contributed by atoms with Crippen molar-refractivity contribution in [1.82, 2.24) is 30.2 Å². The van der Waals surface area contributed by atoms with E-state index in [2.05, 4.69) is 40.2 Å². The Morgan fingerprint density at radius 2 is 1.91 bits per heavy atom. The third kappa shape index (κ3) is 2.92. The maximum Gasteiger partial charge on any atom is 0.223 e. The van der Waals surface area contributed by atoms with Crippen molar-refractivity contribution in [2.24, 2.45) is 5.92 Å². The molecule has 35 heavy (non-hydrogen) atoms. The van der Waals surface area contributed by atoms with Crippen molar-refractivity contribution in [1.29, 1.82) is 0 Å². The summed E-state index contributed by atoms with van der Waals surface area (Å²) < 4.78 is 11.0. The van der Waals surface area contributed by atoms with Gasteiger partial charge >= 0.3 is 0 Å². The third-order valence-electron chi connectivity index (χ3n) is 7.95. The summed E-state index contributed by atoms with van der Waals surface area (Å²) in [5, 5.41) is 9.38. The van der Waals surface area contributed by atoms with Crippen LogP contribution in [0.15, 0.2) is 51.8 Å². The lowest BCUT2D eigenvalue weighted by Gasteiger charge is -2.47. The molecule has 0 aliphatic heterocycles. The standard InChI is InChI=1S/C27H24N6O2/c1-14-20-9-8-19-22(26-30-15(2)34-33-26)31-25(18-10-11-28-21-7-5-4-6-17(18)21)32-24(19)27(20,3)12-16-13-29-35-23(14)16/h4-7,10-11,13-14,20H,8-9,12H2,1-3H3/t14-,20-,27-/m1/s1. The van der Waals surface area contributed by atoms with Gasteiger partial charge < -0.3 is 9.05 Å². The van der Waals surface area contributed by atoms with E-state index in [9.17, 15) is 0 Å². The maximum atomic E-state index is 5.67. The summed E-state index contributed by atoms with van der Waals surface area (Å²) in [6.45, 7) is 6.38. The molecule has 5 aromatic rings.